The minimum atomic E-state index is -3.22. The fourth-order valence-electron chi connectivity index (χ4n) is 2.70. The molecule has 1 rings (SSSR count). The summed E-state index contributed by atoms with van der Waals surface area (Å²) in [6.07, 6.45) is 2.51. The predicted molar refractivity (Wildman–Crippen MR) is 76.1 cm³/mol. The number of likely N-dealkylation sites (tertiary alicyclic amines) is 1. The van der Waals surface area contributed by atoms with Crippen LogP contribution in [0.4, 0.5) is 0 Å². The Morgan fingerprint density at radius 3 is 2.68 bits per heavy atom. The maximum atomic E-state index is 12.2. The van der Waals surface area contributed by atoms with Crippen molar-refractivity contribution in [2.45, 2.75) is 51.6 Å². The topological polar surface area (TPSA) is 64.4 Å². The van der Waals surface area contributed by atoms with Gasteiger partial charge < -0.3 is 4.90 Å². The summed E-state index contributed by atoms with van der Waals surface area (Å²) in [6.45, 7) is 6.28. The Labute approximate surface area is 117 Å². The van der Waals surface area contributed by atoms with Crippen LogP contribution in [0.3, 0.4) is 0 Å². The number of piperidine rings is 1. The predicted octanol–water partition coefficient (Wildman–Crippen LogP) is 1.42. The Hall–Kier alpha value is -0.640. The second-order valence-corrected chi connectivity index (χ2v) is 7.40. The summed E-state index contributed by atoms with van der Waals surface area (Å²) in [4.78, 5) is 2.38. The smallest absolute Gasteiger partial charge is 0.214 e. The van der Waals surface area contributed by atoms with Gasteiger partial charge in [0.05, 0.1) is 11.8 Å². The maximum Gasteiger partial charge on any atom is 0.214 e. The van der Waals surface area contributed by atoms with Gasteiger partial charge in [-0.05, 0) is 39.3 Å². The molecule has 5 nitrogen and oxygen atoms in total. The van der Waals surface area contributed by atoms with Gasteiger partial charge in [-0.1, -0.05) is 6.92 Å². The minimum absolute atomic E-state index is 0.0828. The van der Waals surface area contributed by atoms with E-state index in [1.165, 1.54) is 4.31 Å². The van der Waals surface area contributed by atoms with Crippen LogP contribution in [0.5, 0.6) is 0 Å². The molecule has 1 aliphatic rings. The Kier molecular flexibility index (Phi) is 6.24. The molecular weight excluding hydrogens is 262 g/mol. The van der Waals surface area contributed by atoms with Crippen LogP contribution in [0.2, 0.25) is 0 Å². The van der Waals surface area contributed by atoms with Crippen molar-refractivity contribution in [3.8, 4) is 6.07 Å². The molecule has 2 atom stereocenters. The van der Waals surface area contributed by atoms with Gasteiger partial charge in [0, 0.05) is 25.6 Å². The molecule has 1 heterocycles. The first kappa shape index (κ1) is 16.4. The molecular formula is C13H25N3O2S. The highest BCUT2D eigenvalue weighted by Gasteiger charge is 2.31. The molecule has 0 spiro atoms. The molecule has 0 N–H and O–H groups in total. The standard InChI is InChI=1S/C13H25N3O2S/c1-4-16-9-7-13(11-12(16)2)15(3)19(17,18)10-6-5-8-14/h12-13H,4-7,9-11H2,1-3H3/t12-,13-/m1/s1. The first-order valence-electron chi connectivity index (χ1n) is 6.99. The lowest BCUT2D eigenvalue weighted by Gasteiger charge is -2.40. The van der Waals surface area contributed by atoms with Crippen LogP contribution in [-0.2, 0) is 10.0 Å². The van der Waals surface area contributed by atoms with Crippen molar-refractivity contribution in [3.63, 3.8) is 0 Å². The van der Waals surface area contributed by atoms with Crippen LogP contribution in [0.25, 0.3) is 0 Å². The van der Waals surface area contributed by atoms with E-state index < -0.39 is 10.0 Å². The van der Waals surface area contributed by atoms with E-state index in [0.29, 0.717) is 18.9 Å². The summed E-state index contributed by atoms with van der Waals surface area (Å²) in [7, 11) is -1.53. The van der Waals surface area contributed by atoms with Crippen molar-refractivity contribution >= 4 is 10.0 Å². The maximum absolute atomic E-state index is 12.2. The van der Waals surface area contributed by atoms with Crippen LogP contribution in [0.1, 0.15) is 39.5 Å². The summed E-state index contributed by atoms with van der Waals surface area (Å²) in [6, 6.07) is 2.52. The van der Waals surface area contributed by atoms with Crippen molar-refractivity contribution in [2.24, 2.45) is 0 Å². The van der Waals surface area contributed by atoms with Crippen molar-refractivity contribution in [1.29, 1.82) is 5.26 Å². The fraction of sp³-hybridized carbons (Fsp3) is 0.923. The second-order valence-electron chi connectivity index (χ2n) is 5.25. The number of nitriles is 1. The van der Waals surface area contributed by atoms with Crippen molar-refractivity contribution in [2.75, 3.05) is 25.9 Å². The second kappa shape index (κ2) is 7.22. The molecule has 1 fully saturated rings. The van der Waals surface area contributed by atoms with Gasteiger partial charge in [-0.15, -0.1) is 0 Å². The third-order valence-electron chi connectivity index (χ3n) is 4.04. The van der Waals surface area contributed by atoms with E-state index in [9.17, 15) is 8.42 Å². The Balaban J connectivity index is 2.58. The van der Waals surface area contributed by atoms with Gasteiger partial charge in [0.15, 0.2) is 0 Å². The number of hydrogen-bond acceptors (Lipinski definition) is 4. The molecule has 0 amide bonds. The first-order chi connectivity index (χ1) is 8.92. The first-order valence-corrected chi connectivity index (χ1v) is 8.60. The normalized spacial score (nSPS) is 25.4. The van der Waals surface area contributed by atoms with E-state index in [-0.39, 0.29) is 11.8 Å². The molecule has 110 valence electrons. The molecule has 0 aromatic carbocycles. The highest BCUT2D eigenvalue weighted by atomic mass is 32.2. The fourth-order valence-corrected chi connectivity index (χ4v) is 4.14. The van der Waals surface area contributed by atoms with E-state index in [2.05, 4.69) is 18.7 Å². The van der Waals surface area contributed by atoms with E-state index in [0.717, 1.165) is 25.9 Å². The zero-order valence-electron chi connectivity index (χ0n) is 12.2. The van der Waals surface area contributed by atoms with Crippen molar-refractivity contribution in [1.82, 2.24) is 9.21 Å². The Morgan fingerprint density at radius 1 is 1.47 bits per heavy atom. The van der Waals surface area contributed by atoms with Crippen LogP contribution in [0, 0.1) is 11.3 Å². The summed E-state index contributed by atoms with van der Waals surface area (Å²) in [5, 5.41) is 8.48. The van der Waals surface area contributed by atoms with Crippen LogP contribution in [-0.4, -0.2) is 55.6 Å². The van der Waals surface area contributed by atoms with Gasteiger partial charge in [0.1, 0.15) is 0 Å². The summed E-state index contributed by atoms with van der Waals surface area (Å²) in [5.41, 5.74) is 0. The minimum Gasteiger partial charge on any atom is -0.301 e. The van der Waals surface area contributed by atoms with E-state index in [1.54, 1.807) is 7.05 Å². The third-order valence-corrected chi connectivity index (χ3v) is 6.02. The number of sulfonamides is 1. The lowest BCUT2D eigenvalue weighted by atomic mass is 9.99. The number of rotatable bonds is 6. The SMILES string of the molecule is CCN1CC[C@@H](N(C)S(=O)(=O)CCCC#N)C[C@H]1C. The Bertz CT molecular complexity index is 416. The molecule has 1 aliphatic heterocycles. The molecule has 19 heavy (non-hydrogen) atoms. The number of nitrogens with zero attached hydrogens (tertiary/aromatic N) is 3. The molecule has 0 unspecified atom stereocenters. The van der Waals surface area contributed by atoms with Gasteiger partial charge in [-0.2, -0.15) is 5.26 Å². The van der Waals surface area contributed by atoms with Gasteiger partial charge in [-0.3, -0.25) is 0 Å². The molecule has 0 aliphatic carbocycles. The lowest BCUT2D eigenvalue weighted by Crippen LogP contribution is -2.49. The molecule has 6 heteroatoms. The number of hydrogen-bond donors (Lipinski definition) is 0. The zero-order valence-corrected chi connectivity index (χ0v) is 13.0. The van der Waals surface area contributed by atoms with Gasteiger partial charge >= 0.3 is 0 Å². The highest BCUT2D eigenvalue weighted by molar-refractivity contribution is 7.89. The summed E-state index contributed by atoms with van der Waals surface area (Å²) < 4.78 is 25.9. The molecule has 0 saturated carbocycles. The van der Waals surface area contributed by atoms with Crippen LogP contribution < -0.4 is 0 Å². The average Bonchev–Trinajstić information content (AvgIpc) is 2.38. The monoisotopic (exact) mass is 287 g/mol. The van der Waals surface area contributed by atoms with Gasteiger partial charge in [0.25, 0.3) is 0 Å². The molecule has 0 aromatic rings. The Morgan fingerprint density at radius 2 is 2.16 bits per heavy atom. The van der Waals surface area contributed by atoms with Crippen molar-refractivity contribution in [3.05, 3.63) is 0 Å². The van der Waals surface area contributed by atoms with Gasteiger partial charge in [-0.25, -0.2) is 12.7 Å². The van der Waals surface area contributed by atoms with E-state index >= 15 is 0 Å². The van der Waals surface area contributed by atoms with Gasteiger partial charge in [0.2, 0.25) is 10.0 Å². The number of unbranched alkanes of at least 4 members (excludes halogenated alkanes) is 1. The van der Waals surface area contributed by atoms with Crippen LogP contribution in [0.15, 0.2) is 0 Å². The highest BCUT2D eigenvalue weighted by Crippen LogP contribution is 2.23. The molecule has 0 radical (unpaired) electrons. The summed E-state index contributed by atoms with van der Waals surface area (Å²) in [5.74, 6) is 0.0828. The molecule has 1 saturated heterocycles. The van der Waals surface area contributed by atoms with Crippen LogP contribution >= 0.6 is 0 Å². The quantitative estimate of drug-likeness (QED) is 0.693. The third kappa shape index (κ3) is 4.44. The lowest BCUT2D eigenvalue weighted by molar-refractivity contribution is 0.121. The largest absolute Gasteiger partial charge is 0.301 e. The van der Waals surface area contributed by atoms with Crippen molar-refractivity contribution < 1.29 is 8.42 Å². The molecule has 0 aromatic heterocycles. The average molecular weight is 287 g/mol. The van der Waals surface area contributed by atoms with E-state index in [1.807, 2.05) is 6.07 Å². The van der Waals surface area contributed by atoms with E-state index in [4.69, 9.17) is 5.26 Å². The zero-order chi connectivity index (χ0) is 14.5. The molecule has 0 bridgehead atoms. The summed E-state index contributed by atoms with van der Waals surface area (Å²) >= 11 is 0.